The van der Waals surface area contributed by atoms with Gasteiger partial charge in [0.15, 0.2) is 0 Å². The van der Waals surface area contributed by atoms with Crippen LogP contribution >= 0.6 is 0 Å². The van der Waals surface area contributed by atoms with Crippen molar-refractivity contribution in [1.82, 2.24) is 9.97 Å². The number of nitrogens with two attached hydrogens (primary N) is 2. The van der Waals surface area contributed by atoms with Crippen molar-refractivity contribution in [3.05, 3.63) is 72.6 Å². The van der Waals surface area contributed by atoms with Gasteiger partial charge in [-0.2, -0.15) is 0 Å². The Morgan fingerprint density at radius 2 is 1.46 bits per heavy atom. The molecule has 0 aliphatic carbocycles. The number of hydrogen-bond acceptors (Lipinski definition) is 4. The molecule has 0 fully saturated rings. The van der Waals surface area contributed by atoms with Gasteiger partial charge in [0.25, 0.3) is 0 Å². The average molecular weight is 324 g/mol. The van der Waals surface area contributed by atoms with E-state index in [1.54, 1.807) is 30.3 Å². The van der Waals surface area contributed by atoms with Crippen molar-refractivity contribution in [1.29, 1.82) is 0 Å². The molecule has 4 rings (SSSR count). The third kappa shape index (κ3) is 3.38. The van der Waals surface area contributed by atoms with Crippen molar-refractivity contribution in [2.24, 2.45) is 0 Å². The van der Waals surface area contributed by atoms with Crippen LogP contribution in [0.1, 0.15) is 0 Å². The van der Waals surface area contributed by atoms with Crippen LogP contribution in [0.3, 0.4) is 0 Å². The lowest BCUT2D eigenvalue weighted by atomic mass is 10.2. The average Bonchev–Trinajstić information content (AvgIpc) is 2.56. The van der Waals surface area contributed by atoms with Crippen LogP contribution in [0, 0.1) is 11.6 Å². The van der Waals surface area contributed by atoms with E-state index < -0.39 is 0 Å². The summed E-state index contributed by atoms with van der Waals surface area (Å²) in [6.07, 6.45) is 2.97. The molecule has 0 aliphatic heterocycles. The number of nitrogens with zero attached hydrogens (tertiary/aromatic N) is 2. The van der Waals surface area contributed by atoms with Crippen molar-refractivity contribution in [2.45, 2.75) is 0 Å². The van der Waals surface area contributed by atoms with Crippen LogP contribution in [-0.2, 0) is 0 Å². The van der Waals surface area contributed by atoms with Gasteiger partial charge in [-0.1, -0.05) is 12.1 Å². The van der Waals surface area contributed by atoms with Crippen molar-refractivity contribution in [3.63, 3.8) is 0 Å². The number of benzene rings is 2. The van der Waals surface area contributed by atoms with Crippen molar-refractivity contribution in [2.75, 3.05) is 11.5 Å². The van der Waals surface area contributed by atoms with Gasteiger partial charge < -0.3 is 11.5 Å². The minimum absolute atomic E-state index is 0.278. The highest BCUT2D eigenvalue weighted by molar-refractivity contribution is 5.82. The Kier molecular flexibility index (Phi) is 4.20. The highest BCUT2D eigenvalue weighted by Gasteiger charge is 2.00. The maximum Gasteiger partial charge on any atom is 0.149 e. The Hall–Kier alpha value is -3.28. The Bertz CT molecular complexity index is 977. The number of nitrogen functional groups attached to an aromatic ring is 2. The molecule has 0 unspecified atom stereocenters. The zero-order valence-corrected chi connectivity index (χ0v) is 12.6. The van der Waals surface area contributed by atoms with E-state index in [1.165, 1.54) is 30.6 Å². The highest BCUT2D eigenvalue weighted by Crippen LogP contribution is 2.17. The first-order valence-electron chi connectivity index (χ1n) is 7.13. The second-order valence-corrected chi connectivity index (χ2v) is 5.19. The van der Waals surface area contributed by atoms with Gasteiger partial charge in [-0.25, -0.2) is 8.78 Å². The van der Waals surface area contributed by atoms with E-state index in [4.69, 9.17) is 11.5 Å². The SMILES string of the molecule is Nc1cnc2c(F)cccc2c1.Nc1cnc2cc(F)ccc2c1. The van der Waals surface area contributed by atoms with Crippen LogP contribution in [0.2, 0.25) is 0 Å². The van der Waals surface area contributed by atoms with Crippen LogP contribution in [0.5, 0.6) is 0 Å². The summed E-state index contributed by atoms with van der Waals surface area (Å²) in [5.74, 6) is -0.590. The van der Waals surface area contributed by atoms with E-state index in [2.05, 4.69) is 9.97 Å². The molecule has 0 saturated carbocycles. The van der Waals surface area contributed by atoms with E-state index in [9.17, 15) is 8.78 Å². The number of halogens is 2. The quantitative estimate of drug-likeness (QED) is 0.514. The standard InChI is InChI=1S/2C9H7FN2/c10-7-2-1-6-3-8(11)5-12-9(6)4-7;10-8-3-1-2-6-4-7(11)5-12-9(6)8/h2*1-5H,11H2. The third-order valence-electron chi connectivity index (χ3n) is 3.35. The van der Waals surface area contributed by atoms with Gasteiger partial charge in [0.05, 0.1) is 29.3 Å². The summed E-state index contributed by atoms with van der Waals surface area (Å²) in [4.78, 5) is 7.86. The largest absolute Gasteiger partial charge is 0.397 e. The molecule has 4 N–H and O–H groups in total. The fourth-order valence-electron chi connectivity index (χ4n) is 2.25. The predicted octanol–water partition coefficient (Wildman–Crippen LogP) is 3.91. The number of para-hydroxylation sites is 1. The first kappa shape index (κ1) is 15.6. The van der Waals surface area contributed by atoms with Crippen molar-refractivity contribution in [3.8, 4) is 0 Å². The first-order valence-corrected chi connectivity index (χ1v) is 7.13. The Balaban J connectivity index is 0.000000141. The summed E-state index contributed by atoms with van der Waals surface area (Å²) in [6, 6.07) is 12.7. The number of anilines is 2. The molecule has 2 heterocycles. The second-order valence-electron chi connectivity index (χ2n) is 5.19. The van der Waals surface area contributed by atoms with E-state index in [0.717, 1.165) is 10.8 Å². The molecule has 0 atom stereocenters. The molecule has 2 aromatic carbocycles. The fourth-order valence-corrected chi connectivity index (χ4v) is 2.25. The van der Waals surface area contributed by atoms with Gasteiger partial charge >= 0.3 is 0 Å². The lowest BCUT2D eigenvalue weighted by Crippen LogP contribution is -1.88. The molecule has 4 aromatic rings. The van der Waals surface area contributed by atoms with Crippen LogP contribution < -0.4 is 11.5 Å². The van der Waals surface area contributed by atoms with Crippen LogP contribution in [0.4, 0.5) is 20.2 Å². The monoisotopic (exact) mass is 324 g/mol. The van der Waals surface area contributed by atoms with Crippen LogP contribution in [0.15, 0.2) is 60.9 Å². The minimum atomic E-state index is -0.312. The number of rotatable bonds is 0. The summed E-state index contributed by atoms with van der Waals surface area (Å²) in [5, 5.41) is 1.59. The molecule has 0 saturated heterocycles. The van der Waals surface area contributed by atoms with Gasteiger partial charge in [0.1, 0.15) is 17.2 Å². The second kappa shape index (κ2) is 6.45. The topological polar surface area (TPSA) is 77.8 Å². The summed E-state index contributed by atoms with van der Waals surface area (Å²) in [7, 11) is 0. The van der Waals surface area contributed by atoms with Crippen molar-refractivity contribution >= 4 is 33.2 Å². The number of aromatic nitrogens is 2. The zero-order valence-electron chi connectivity index (χ0n) is 12.6. The van der Waals surface area contributed by atoms with E-state index >= 15 is 0 Å². The molecule has 0 spiro atoms. The minimum Gasteiger partial charge on any atom is -0.397 e. The van der Waals surface area contributed by atoms with Gasteiger partial charge in [-0.3, -0.25) is 9.97 Å². The number of hydrogen-bond donors (Lipinski definition) is 2. The summed E-state index contributed by atoms with van der Waals surface area (Å²) in [6.45, 7) is 0. The normalized spacial score (nSPS) is 10.4. The maximum atomic E-state index is 13.0. The third-order valence-corrected chi connectivity index (χ3v) is 3.35. The van der Waals surface area contributed by atoms with Crippen LogP contribution in [0.25, 0.3) is 21.8 Å². The molecular formula is C18H14F2N4. The molecular weight excluding hydrogens is 310 g/mol. The predicted molar refractivity (Wildman–Crippen MR) is 92.2 cm³/mol. The Morgan fingerprint density at radius 1 is 0.750 bits per heavy atom. The zero-order chi connectivity index (χ0) is 17.1. The molecule has 24 heavy (non-hydrogen) atoms. The molecule has 0 radical (unpaired) electrons. The molecule has 6 heteroatoms. The Labute approximate surface area is 136 Å². The van der Waals surface area contributed by atoms with Gasteiger partial charge in [0.2, 0.25) is 0 Å². The van der Waals surface area contributed by atoms with Gasteiger partial charge in [-0.05, 0) is 30.3 Å². The smallest absolute Gasteiger partial charge is 0.149 e. The molecule has 2 aromatic heterocycles. The van der Waals surface area contributed by atoms with E-state index in [0.29, 0.717) is 22.4 Å². The number of fused-ring (bicyclic) bond motifs is 2. The summed E-state index contributed by atoms with van der Waals surface area (Å²) >= 11 is 0. The highest BCUT2D eigenvalue weighted by atomic mass is 19.1. The number of pyridine rings is 2. The van der Waals surface area contributed by atoms with E-state index in [-0.39, 0.29) is 11.6 Å². The maximum absolute atomic E-state index is 13.0. The lowest BCUT2D eigenvalue weighted by Gasteiger charge is -1.98. The van der Waals surface area contributed by atoms with Gasteiger partial charge in [-0.15, -0.1) is 0 Å². The molecule has 120 valence electrons. The van der Waals surface area contributed by atoms with Gasteiger partial charge in [0, 0.05) is 16.8 Å². The molecule has 0 bridgehead atoms. The first-order chi connectivity index (χ1) is 11.5. The summed E-state index contributed by atoms with van der Waals surface area (Å²) < 4.78 is 25.7. The van der Waals surface area contributed by atoms with Crippen LogP contribution in [-0.4, -0.2) is 9.97 Å². The molecule has 4 nitrogen and oxygen atoms in total. The fraction of sp³-hybridized carbons (Fsp3) is 0. The van der Waals surface area contributed by atoms with Crippen molar-refractivity contribution < 1.29 is 8.78 Å². The summed E-state index contributed by atoms with van der Waals surface area (Å²) in [5.41, 5.74) is 13.1. The van der Waals surface area contributed by atoms with E-state index in [1.807, 2.05) is 0 Å². The molecule has 0 aliphatic rings. The lowest BCUT2D eigenvalue weighted by molar-refractivity contribution is 0.629. The molecule has 0 amide bonds. The Morgan fingerprint density at radius 3 is 2.25 bits per heavy atom.